The fourth-order valence-corrected chi connectivity index (χ4v) is 4.28. The van der Waals surface area contributed by atoms with E-state index in [0.717, 1.165) is 16.7 Å². The van der Waals surface area contributed by atoms with Gasteiger partial charge in [-0.05, 0) is 18.4 Å². The number of rotatable bonds is 2. The van der Waals surface area contributed by atoms with E-state index in [2.05, 4.69) is 50.6 Å². The van der Waals surface area contributed by atoms with Crippen LogP contribution in [0.3, 0.4) is 0 Å². The molecule has 1 unspecified atom stereocenters. The summed E-state index contributed by atoms with van der Waals surface area (Å²) in [7, 11) is 0. The third-order valence-corrected chi connectivity index (χ3v) is 5.52. The molecule has 1 aliphatic heterocycles. The Morgan fingerprint density at radius 2 is 1.86 bits per heavy atom. The number of nitrogens with zero attached hydrogens (tertiary/aromatic N) is 3. The van der Waals surface area contributed by atoms with Crippen LogP contribution in [0.2, 0.25) is 0 Å². The quantitative estimate of drug-likeness (QED) is 0.918. The van der Waals surface area contributed by atoms with Crippen molar-refractivity contribution in [2.45, 2.75) is 49.2 Å². The molecule has 110 valence electrons. The van der Waals surface area contributed by atoms with Crippen molar-refractivity contribution < 1.29 is 0 Å². The average Bonchev–Trinajstić information content (AvgIpc) is 2.99. The van der Waals surface area contributed by atoms with E-state index < -0.39 is 0 Å². The molecule has 1 fully saturated rings. The van der Waals surface area contributed by atoms with E-state index in [1.54, 1.807) is 11.8 Å². The Hall–Kier alpha value is -1.49. The Labute approximate surface area is 129 Å². The van der Waals surface area contributed by atoms with Crippen LogP contribution in [-0.2, 0) is 0 Å². The van der Waals surface area contributed by atoms with Crippen LogP contribution in [0.25, 0.3) is 0 Å². The first-order valence-electron chi connectivity index (χ1n) is 7.81. The van der Waals surface area contributed by atoms with Crippen LogP contribution in [0, 0.1) is 0 Å². The van der Waals surface area contributed by atoms with Gasteiger partial charge in [0.15, 0.2) is 5.82 Å². The van der Waals surface area contributed by atoms with Crippen LogP contribution >= 0.6 is 11.8 Å². The van der Waals surface area contributed by atoms with E-state index in [-0.39, 0.29) is 0 Å². The zero-order chi connectivity index (χ0) is 14.1. The van der Waals surface area contributed by atoms with Crippen LogP contribution in [0.4, 0.5) is 0 Å². The van der Waals surface area contributed by atoms with Gasteiger partial charge >= 0.3 is 0 Å². The second kappa shape index (κ2) is 5.72. The molecular weight excluding hydrogens is 280 g/mol. The Balaban J connectivity index is 1.60. The average molecular weight is 300 g/mol. The highest BCUT2D eigenvalue weighted by molar-refractivity contribution is 7.99. The Bertz CT molecular complexity index is 604. The van der Waals surface area contributed by atoms with Gasteiger partial charge in [-0.3, -0.25) is 0 Å². The summed E-state index contributed by atoms with van der Waals surface area (Å²) in [5, 5.41) is 9.87. The number of benzene rings is 1. The smallest absolute Gasteiger partial charge is 0.210 e. The van der Waals surface area contributed by atoms with Crippen LogP contribution in [0.5, 0.6) is 0 Å². The third kappa shape index (κ3) is 2.55. The normalized spacial score (nSPS) is 22.6. The Morgan fingerprint density at radius 3 is 2.67 bits per heavy atom. The molecule has 0 radical (unpaired) electrons. The van der Waals surface area contributed by atoms with Crippen molar-refractivity contribution in [2.24, 2.45) is 0 Å². The van der Waals surface area contributed by atoms with Gasteiger partial charge in [-0.1, -0.05) is 61.4 Å². The SMILES string of the molecule is c1ccc(C2CSc3nnc(C4CCCCC4)n3N2)cc1. The van der Waals surface area contributed by atoms with Crippen molar-refractivity contribution >= 4 is 11.8 Å². The lowest BCUT2D eigenvalue weighted by atomic mass is 9.89. The van der Waals surface area contributed by atoms with E-state index >= 15 is 0 Å². The number of aromatic nitrogens is 3. The topological polar surface area (TPSA) is 42.7 Å². The highest BCUT2D eigenvalue weighted by Crippen LogP contribution is 2.36. The molecule has 0 spiro atoms. The van der Waals surface area contributed by atoms with Gasteiger partial charge < -0.3 is 5.43 Å². The summed E-state index contributed by atoms with van der Waals surface area (Å²) in [6, 6.07) is 11.0. The van der Waals surface area contributed by atoms with E-state index in [1.807, 2.05) is 0 Å². The lowest BCUT2D eigenvalue weighted by Crippen LogP contribution is -2.30. The Morgan fingerprint density at radius 1 is 1.05 bits per heavy atom. The standard InChI is InChI=1S/C16H20N4S/c1-3-7-12(8-4-1)14-11-21-16-18-17-15(20(16)19-14)13-9-5-2-6-10-13/h1,3-4,7-8,13-14,19H,2,5-6,9-11H2. The predicted octanol–water partition coefficient (Wildman–Crippen LogP) is 3.72. The van der Waals surface area contributed by atoms with Gasteiger partial charge in [0, 0.05) is 11.7 Å². The molecule has 4 nitrogen and oxygen atoms in total. The number of hydrogen-bond acceptors (Lipinski definition) is 4. The monoisotopic (exact) mass is 300 g/mol. The fourth-order valence-electron chi connectivity index (χ4n) is 3.33. The molecule has 0 amide bonds. The van der Waals surface area contributed by atoms with Crippen LogP contribution in [-0.4, -0.2) is 20.6 Å². The maximum Gasteiger partial charge on any atom is 0.210 e. The lowest BCUT2D eigenvalue weighted by Gasteiger charge is -2.29. The van der Waals surface area contributed by atoms with Crippen LogP contribution in [0.1, 0.15) is 55.5 Å². The van der Waals surface area contributed by atoms with Gasteiger partial charge in [0.1, 0.15) is 0 Å². The summed E-state index contributed by atoms with van der Waals surface area (Å²) in [5.74, 6) is 2.72. The zero-order valence-electron chi connectivity index (χ0n) is 12.0. The van der Waals surface area contributed by atoms with E-state index in [1.165, 1.54) is 37.7 Å². The lowest BCUT2D eigenvalue weighted by molar-refractivity contribution is 0.416. The molecule has 1 aliphatic carbocycles. The molecule has 0 saturated heterocycles. The molecule has 0 bridgehead atoms. The minimum Gasteiger partial charge on any atom is -0.314 e. The summed E-state index contributed by atoms with van der Waals surface area (Å²) < 4.78 is 2.15. The molecule has 4 rings (SSSR count). The summed E-state index contributed by atoms with van der Waals surface area (Å²) in [6.07, 6.45) is 6.51. The van der Waals surface area contributed by atoms with Crippen molar-refractivity contribution in [2.75, 3.05) is 11.2 Å². The molecule has 2 heterocycles. The summed E-state index contributed by atoms with van der Waals surface area (Å²) in [5.41, 5.74) is 4.96. The van der Waals surface area contributed by atoms with Crippen LogP contribution < -0.4 is 5.43 Å². The van der Waals surface area contributed by atoms with E-state index in [0.29, 0.717) is 12.0 Å². The predicted molar refractivity (Wildman–Crippen MR) is 85.1 cm³/mol. The van der Waals surface area contributed by atoms with Crippen molar-refractivity contribution in [3.05, 3.63) is 41.7 Å². The largest absolute Gasteiger partial charge is 0.314 e. The molecule has 5 heteroatoms. The summed E-state index contributed by atoms with van der Waals surface area (Å²) >= 11 is 1.80. The highest BCUT2D eigenvalue weighted by Gasteiger charge is 2.28. The van der Waals surface area contributed by atoms with Gasteiger partial charge in [0.25, 0.3) is 0 Å². The van der Waals surface area contributed by atoms with Crippen molar-refractivity contribution in [3.8, 4) is 0 Å². The first kappa shape index (κ1) is 13.2. The molecule has 21 heavy (non-hydrogen) atoms. The maximum absolute atomic E-state index is 4.48. The van der Waals surface area contributed by atoms with E-state index in [4.69, 9.17) is 0 Å². The summed E-state index contributed by atoms with van der Waals surface area (Å²) in [6.45, 7) is 0. The molecule has 1 aromatic heterocycles. The maximum atomic E-state index is 4.48. The first-order chi connectivity index (χ1) is 10.4. The van der Waals surface area contributed by atoms with Gasteiger partial charge in [0.05, 0.1) is 6.04 Å². The van der Waals surface area contributed by atoms with Gasteiger partial charge in [-0.25, -0.2) is 4.68 Å². The van der Waals surface area contributed by atoms with Crippen LogP contribution in [0.15, 0.2) is 35.5 Å². The van der Waals surface area contributed by atoms with E-state index in [9.17, 15) is 0 Å². The zero-order valence-corrected chi connectivity index (χ0v) is 12.9. The number of nitrogens with one attached hydrogen (secondary N) is 1. The highest BCUT2D eigenvalue weighted by atomic mass is 32.2. The first-order valence-corrected chi connectivity index (χ1v) is 8.80. The molecule has 2 aliphatic rings. The second-order valence-electron chi connectivity index (χ2n) is 5.91. The minimum absolute atomic E-state index is 0.335. The molecular formula is C16H20N4S. The van der Waals surface area contributed by atoms with Crippen molar-refractivity contribution in [1.29, 1.82) is 0 Å². The third-order valence-electron chi connectivity index (χ3n) is 4.49. The number of fused-ring (bicyclic) bond motifs is 1. The van der Waals surface area contributed by atoms with Gasteiger partial charge in [0.2, 0.25) is 5.16 Å². The molecule has 1 aromatic carbocycles. The summed E-state index contributed by atoms with van der Waals surface area (Å²) in [4.78, 5) is 0. The molecule has 2 aromatic rings. The van der Waals surface area contributed by atoms with Gasteiger partial charge in [-0.15, -0.1) is 10.2 Å². The molecule has 1 N–H and O–H groups in total. The van der Waals surface area contributed by atoms with Crippen molar-refractivity contribution in [3.63, 3.8) is 0 Å². The second-order valence-corrected chi connectivity index (χ2v) is 6.90. The van der Waals surface area contributed by atoms with Crippen molar-refractivity contribution in [1.82, 2.24) is 14.9 Å². The number of hydrogen-bond donors (Lipinski definition) is 1. The van der Waals surface area contributed by atoms with Gasteiger partial charge in [-0.2, -0.15) is 0 Å². The number of thioether (sulfide) groups is 1. The fraction of sp³-hybridized carbons (Fsp3) is 0.500. The Kier molecular flexibility index (Phi) is 3.59. The minimum atomic E-state index is 0.335. The molecule has 1 saturated carbocycles. The molecule has 1 atom stereocenters.